The van der Waals surface area contributed by atoms with E-state index < -0.39 is 0 Å². The average molecular weight is 359 g/mol. The number of nitrogens with two attached hydrogens (primary N) is 1. The van der Waals surface area contributed by atoms with Gasteiger partial charge in [0.15, 0.2) is 23.3 Å². The summed E-state index contributed by atoms with van der Waals surface area (Å²) in [4.78, 5) is 24.0. The predicted molar refractivity (Wildman–Crippen MR) is 99.1 cm³/mol. The maximum Gasteiger partial charge on any atom is 0.301 e. The van der Waals surface area contributed by atoms with Gasteiger partial charge in [0.1, 0.15) is 17.3 Å². The number of imidazole rings is 2. The number of pyridine rings is 1. The molecule has 0 aliphatic heterocycles. The molecular weight excluding hydrogens is 344 g/mol. The fraction of sp³-hybridized carbons (Fsp3) is 0.0588. The highest BCUT2D eigenvalue weighted by Crippen LogP contribution is 2.30. The number of anilines is 3. The molecule has 5 heterocycles. The Balaban J connectivity index is 1.69. The molecule has 0 aromatic carbocycles. The van der Waals surface area contributed by atoms with Crippen molar-refractivity contribution >= 4 is 34.3 Å². The van der Waals surface area contributed by atoms with Crippen LogP contribution >= 0.6 is 0 Å². The van der Waals surface area contributed by atoms with Crippen molar-refractivity contribution in [3.8, 4) is 11.4 Å². The molecule has 132 valence electrons. The zero-order valence-corrected chi connectivity index (χ0v) is 14.3. The van der Waals surface area contributed by atoms with Gasteiger partial charge in [0.2, 0.25) is 5.82 Å². The number of rotatable bonds is 3. The van der Waals surface area contributed by atoms with Gasteiger partial charge in [-0.05, 0) is 25.1 Å². The summed E-state index contributed by atoms with van der Waals surface area (Å²) < 4.78 is 1.71. The van der Waals surface area contributed by atoms with Crippen LogP contribution in [0.1, 0.15) is 5.82 Å². The van der Waals surface area contributed by atoms with Crippen molar-refractivity contribution in [2.24, 2.45) is 0 Å². The first-order valence-corrected chi connectivity index (χ1v) is 8.25. The zero-order valence-electron chi connectivity index (χ0n) is 14.3. The van der Waals surface area contributed by atoms with Gasteiger partial charge in [0, 0.05) is 18.3 Å². The molecule has 0 amide bonds. The van der Waals surface area contributed by atoms with Gasteiger partial charge in [-0.2, -0.15) is 5.10 Å². The number of aromatic amines is 2. The number of hydrogen-bond donors (Lipinski definition) is 3. The summed E-state index contributed by atoms with van der Waals surface area (Å²) in [6.07, 6.45) is 3.42. The van der Waals surface area contributed by atoms with Crippen LogP contribution in [0.5, 0.6) is 0 Å². The normalized spacial score (nSPS) is 11.3. The molecule has 0 aliphatic carbocycles. The fourth-order valence-electron chi connectivity index (χ4n) is 2.98. The van der Waals surface area contributed by atoms with E-state index in [0.717, 1.165) is 11.2 Å². The summed E-state index contributed by atoms with van der Waals surface area (Å²) in [7, 11) is 0. The Bertz CT molecular complexity index is 1270. The minimum Gasteiger partial charge on any atom is -0.384 e. The number of hydrogen-bond acceptors (Lipinski definition) is 7. The van der Waals surface area contributed by atoms with Gasteiger partial charge in [-0.1, -0.05) is 4.98 Å². The Hall–Kier alpha value is -4.08. The van der Waals surface area contributed by atoms with E-state index in [1.165, 1.54) is 0 Å². The molecule has 5 rings (SSSR count). The largest absolute Gasteiger partial charge is 0.384 e. The summed E-state index contributed by atoms with van der Waals surface area (Å²) in [5.41, 5.74) is 9.57. The van der Waals surface area contributed by atoms with Crippen LogP contribution in [-0.4, -0.2) is 34.5 Å². The van der Waals surface area contributed by atoms with Crippen LogP contribution < -0.4 is 16.0 Å². The quantitative estimate of drug-likeness (QED) is 0.444. The molecule has 5 aromatic heterocycles. The Labute approximate surface area is 152 Å². The molecule has 0 atom stereocenters. The minimum atomic E-state index is 0.385. The van der Waals surface area contributed by atoms with Crippen molar-refractivity contribution in [3.05, 3.63) is 48.7 Å². The molecule has 0 bridgehead atoms. The maximum absolute atomic E-state index is 5.92. The van der Waals surface area contributed by atoms with E-state index in [1.54, 1.807) is 30.0 Å². The lowest BCUT2D eigenvalue weighted by Crippen LogP contribution is -2.03. The van der Waals surface area contributed by atoms with Crippen LogP contribution in [0.25, 0.3) is 28.2 Å². The Morgan fingerprint density at radius 1 is 1.15 bits per heavy atom. The molecule has 0 aliphatic rings. The van der Waals surface area contributed by atoms with Crippen molar-refractivity contribution in [3.63, 3.8) is 0 Å². The van der Waals surface area contributed by atoms with Crippen molar-refractivity contribution in [2.45, 2.75) is 6.92 Å². The summed E-state index contributed by atoms with van der Waals surface area (Å²) in [6, 6.07) is 9.20. The van der Waals surface area contributed by atoms with Crippen LogP contribution in [0, 0.1) is 6.92 Å². The van der Waals surface area contributed by atoms with E-state index in [1.807, 2.05) is 24.3 Å². The Kier molecular flexibility index (Phi) is 3.22. The lowest BCUT2D eigenvalue weighted by atomic mass is 10.2. The van der Waals surface area contributed by atoms with Crippen LogP contribution in [0.2, 0.25) is 0 Å². The van der Waals surface area contributed by atoms with Crippen LogP contribution in [0.15, 0.2) is 42.9 Å². The molecule has 0 saturated heterocycles. The SMILES string of the molecule is Cc1nc(N)cc(-c2c(Nc3ccc4[nH]c[nH+]c4n3)nc3cccnn23)n1. The molecule has 0 saturated carbocycles. The molecular formula is C17H15N10+. The van der Waals surface area contributed by atoms with Crippen molar-refractivity contribution < 1.29 is 4.98 Å². The topological polar surface area (TPSA) is 137 Å². The van der Waals surface area contributed by atoms with Crippen molar-refractivity contribution in [1.29, 1.82) is 0 Å². The molecule has 5 N–H and O–H groups in total. The first-order chi connectivity index (χ1) is 13.2. The summed E-state index contributed by atoms with van der Waals surface area (Å²) in [5, 5.41) is 7.67. The second-order valence-corrected chi connectivity index (χ2v) is 5.98. The third-order valence-electron chi connectivity index (χ3n) is 4.07. The summed E-state index contributed by atoms with van der Waals surface area (Å²) in [6.45, 7) is 1.79. The molecule has 0 spiro atoms. The Morgan fingerprint density at radius 2 is 2.07 bits per heavy atom. The zero-order chi connectivity index (χ0) is 18.4. The molecule has 10 heteroatoms. The van der Waals surface area contributed by atoms with E-state index in [-0.39, 0.29) is 0 Å². The molecule has 27 heavy (non-hydrogen) atoms. The molecule has 0 radical (unpaired) electrons. The number of H-pyrrole nitrogens is 2. The van der Waals surface area contributed by atoms with Crippen LogP contribution in [0.4, 0.5) is 17.5 Å². The molecule has 0 fully saturated rings. The summed E-state index contributed by atoms with van der Waals surface area (Å²) >= 11 is 0. The van der Waals surface area contributed by atoms with E-state index in [2.05, 4.69) is 40.3 Å². The minimum absolute atomic E-state index is 0.385. The number of aromatic nitrogens is 8. The average Bonchev–Trinajstić information content (AvgIpc) is 3.24. The number of nitrogens with zero attached hydrogens (tertiary/aromatic N) is 6. The van der Waals surface area contributed by atoms with Crippen molar-refractivity contribution in [2.75, 3.05) is 11.1 Å². The number of fused-ring (bicyclic) bond motifs is 2. The van der Waals surface area contributed by atoms with Gasteiger partial charge < -0.3 is 11.1 Å². The van der Waals surface area contributed by atoms with Gasteiger partial charge >= 0.3 is 5.65 Å². The predicted octanol–water partition coefficient (Wildman–Crippen LogP) is 1.51. The highest BCUT2D eigenvalue weighted by Gasteiger charge is 2.19. The van der Waals surface area contributed by atoms with E-state index in [0.29, 0.717) is 40.3 Å². The molecule has 0 unspecified atom stereocenters. The van der Waals surface area contributed by atoms with Gasteiger partial charge in [-0.15, -0.1) is 0 Å². The number of nitrogens with one attached hydrogen (secondary N) is 3. The standard InChI is InChI=1S/C17H14N10/c1-9-22-11(7-12(18)23-9)15-17(26-14-3-2-6-21-27(14)15)25-13-5-4-10-16(24-13)20-8-19-10/h2-8H,1H3,(H2,18,22,23)(H2,19,20,24,25)/p+1. The monoisotopic (exact) mass is 359 g/mol. The third-order valence-corrected chi connectivity index (χ3v) is 4.07. The number of nitrogen functional groups attached to an aromatic ring is 1. The second kappa shape index (κ2) is 5.73. The molecule has 5 aromatic rings. The first kappa shape index (κ1) is 15.2. The van der Waals surface area contributed by atoms with Gasteiger partial charge in [0.05, 0.1) is 5.69 Å². The highest BCUT2D eigenvalue weighted by molar-refractivity contribution is 5.79. The highest BCUT2D eigenvalue weighted by atomic mass is 15.3. The first-order valence-electron chi connectivity index (χ1n) is 8.25. The second-order valence-electron chi connectivity index (χ2n) is 5.98. The van der Waals surface area contributed by atoms with Crippen LogP contribution in [0.3, 0.4) is 0 Å². The van der Waals surface area contributed by atoms with E-state index in [4.69, 9.17) is 5.73 Å². The molecule has 10 nitrogen and oxygen atoms in total. The smallest absolute Gasteiger partial charge is 0.301 e. The summed E-state index contributed by atoms with van der Waals surface area (Å²) in [5.74, 6) is 2.18. The Morgan fingerprint density at radius 3 is 2.96 bits per heavy atom. The van der Waals surface area contributed by atoms with Gasteiger partial charge in [-0.3, -0.25) is 4.98 Å². The number of aryl methyl sites for hydroxylation is 1. The van der Waals surface area contributed by atoms with Crippen molar-refractivity contribution in [1.82, 2.24) is 34.5 Å². The maximum atomic E-state index is 5.92. The van der Waals surface area contributed by atoms with Gasteiger partial charge in [-0.25, -0.2) is 24.5 Å². The lowest BCUT2D eigenvalue weighted by molar-refractivity contribution is -0.347. The van der Waals surface area contributed by atoms with E-state index >= 15 is 0 Å². The third kappa shape index (κ3) is 2.59. The van der Waals surface area contributed by atoms with Crippen LogP contribution in [-0.2, 0) is 0 Å². The van der Waals surface area contributed by atoms with E-state index in [9.17, 15) is 0 Å². The fourth-order valence-corrected chi connectivity index (χ4v) is 2.98. The van der Waals surface area contributed by atoms with Gasteiger partial charge in [0.25, 0.3) is 0 Å². The lowest BCUT2D eigenvalue weighted by Gasteiger charge is -2.06.